The van der Waals surface area contributed by atoms with Crippen LogP contribution >= 0.6 is 23.2 Å². The number of ether oxygens (including phenoxy) is 1. The highest BCUT2D eigenvalue weighted by Crippen LogP contribution is 2.42. The second-order valence-corrected chi connectivity index (χ2v) is 7.62. The van der Waals surface area contributed by atoms with E-state index in [0.717, 1.165) is 0 Å². The quantitative estimate of drug-likeness (QED) is 0.512. The molecule has 0 saturated carbocycles. The molecule has 156 valence electrons. The number of halogens is 2. The molecule has 2 aromatic carbocycles. The maximum atomic E-state index is 12.4. The molecule has 0 aromatic heterocycles. The van der Waals surface area contributed by atoms with Gasteiger partial charge in [-0.1, -0.05) is 50.4 Å². The predicted molar refractivity (Wildman–Crippen MR) is 113 cm³/mol. The number of phenols is 1. The van der Waals surface area contributed by atoms with E-state index in [2.05, 4.69) is 5.32 Å². The van der Waals surface area contributed by atoms with Crippen molar-refractivity contribution in [3.8, 4) is 17.2 Å². The Bertz CT molecular complexity index is 928. The van der Waals surface area contributed by atoms with Crippen LogP contribution in [0.25, 0.3) is 0 Å². The van der Waals surface area contributed by atoms with E-state index in [9.17, 15) is 14.7 Å². The van der Waals surface area contributed by atoms with Crippen LogP contribution in [0.15, 0.2) is 24.3 Å². The van der Waals surface area contributed by atoms with Crippen LogP contribution < -0.4 is 10.1 Å². The molecule has 8 heteroatoms. The Hall–Kier alpha value is -2.44. The van der Waals surface area contributed by atoms with Crippen molar-refractivity contribution in [1.29, 1.82) is 0 Å². The van der Waals surface area contributed by atoms with Crippen molar-refractivity contribution >= 4 is 35.1 Å². The minimum atomic E-state index is -1.15. The summed E-state index contributed by atoms with van der Waals surface area (Å²) in [7, 11) is 0. The van der Waals surface area contributed by atoms with E-state index >= 15 is 0 Å². The van der Waals surface area contributed by atoms with Crippen LogP contribution in [-0.2, 0) is 11.2 Å². The second kappa shape index (κ2) is 9.85. The zero-order chi connectivity index (χ0) is 21.7. The standard InChI is InChI=1S/C21H23Cl2NO5/c1-4-5-13-15(21(28)24-10-18(26)27)9-16(22)20(19(13)23)29-12-6-7-17(25)14(8-12)11(2)3/h6-9,11,25H,4-5,10H2,1-3H3,(H,24,28)(H,26,27). The first-order valence-corrected chi connectivity index (χ1v) is 9.92. The monoisotopic (exact) mass is 439 g/mol. The molecule has 0 aliphatic carbocycles. The third-order valence-electron chi connectivity index (χ3n) is 4.26. The lowest BCUT2D eigenvalue weighted by molar-refractivity contribution is -0.135. The lowest BCUT2D eigenvalue weighted by Gasteiger charge is -2.17. The summed E-state index contributed by atoms with van der Waals surface area (Å²) in [5.74, 6) is -0.825. The average Bonchev–Trinajstić information content (AvgIpc) is 2.66. The molecule has 0 saturated heterocycles. The molecule has 29 heavy (non-hydrogen) atoms. The second-order valence-electron chi connectivity index (χ2n) is 6.83. The van der Waals surface area contributed by atoms with E-state index in [0.29, 0.717) is 29.7 Å². The average molecular weight is 440 g/mol. The molecule has 0 heterocycles. The van der Waals surface area contributed by atoms with Gasteiger partial charge in [0.25, 0.3) is 5.91 Å². The summed E-state index contributed by atoms with van der Waals surface area (Å²) in [5, 5.41) is 21.4. The van der Waals surface area contributed by atoms with E-state index in [1.54, 1.807) is 12.1 Å². The molecule has 2 aromatic rings. The Balaban J connectivity index is 2.46. The number of amides is 1. The number of carboxylic acids is 1. The normalized spacial score (nSPS) is 10.8. The van der Waals surface area contributed by atoms with Gasteiger partial charge in [-0.2, -0.15) is 0 Å². The summed E-state index contributed by atoms with van der Waals surface area (Å²) >= 11 is 12.9. The van der Waals surface area contributed by atoms with Gasteiger partial charge in [-0.15, -0.1) is 0 Å². The van der Waals surface area contributed by atoms with Crippen LogP contribution in [0.2, 0.25) is 10.0 Å². The largest absolute Gasteiger partial charge is 0.508 e. The minimum absolute atomic E-state index is 0.0838. The molecule has 0 atom stereocenters. The summed E-state index contributed by atoms with van der Waals surface area (Å²) < 4.78 is 5.90. The molecule has 6 nitrogen and oxygen atoms in total. The van der Waals surface area contributed by atoms with Crippen molar-refractivity contribution in [3.63, 3.8) is 0 Å². The molecule has 0 aliphatic heterocycles. The summed E-state index contributed by atoms with van der Waals surface area (Å²) in [5.41, 5.74) is 1.46. The molecular formula is C21H23Cl2NO5. The number of hydrogen-bond donors (Lipinski definition) is 3. The topological polar surface area (TPSA) is 95.9 Å². The molecular weight excluding hydrogens is 417 g/mol. The van der Waals surface area contributed by atoms with E-state index in [-0.39, 0.29) is 33.0 Å². The fourth-order valence-electron chi connectivity index (χ4n) is 2.86. The van der Waals surface area contributed by atoms with Gasteiger partial charge in [0, 0.05) is 11.1 Å². The van der Waals surface area contributed by atoms with Crippen molar-refractivity contribution < 1.29 is 24.5 Å². The van der Waals surface area contributed by atoms with Crippen molar-refractivity contribution in [2.75, 3.05) is 6.54 Å². The molecule has 0 fully saturated rings. The smallest absolute Gasteiger partial charge is 0.322 e. The van der Waals surface area contributed by atoms with Gasteiger partial charge in [0.2, 0.25) is 0 Å². The van der Waals surface area contributed by atoms with Crippen LogP contribution in [0.3, 0.4) is 0 Å². The van der Waals surface area contributed by atoms with Gasteiger partial charge < -0.3 is 20.3 Å². The Morgan fingerprint density at radius 2 is 1.90 bits per heavy atom. The third kappa shape index (κ3) is 5.55. The minimum Gasteiger partial charge on any atom is -0.508 e. The molecule has 0 radical (unpaired) electrons. The van der Waals surface area contributed by atoms with E-state index in [4.69, 9.17) is 33.0 Å². The van der Waals surface area contributed by atoms with Crippen LogP contribution in [0.4, 0.5) is 0 Å². The number of hydrogen-bond acceptors (Lipinski definition) is 4. The van der Waals surface area contributed by atoms with Crippen molar-refractivity contribution in [2.45, 2.75) is 39.5 Å². The fraction of sp³-hybridized carbons (Fsp3) is 0.333. The van der Waals surface area contributed by atoms with Crippen molar-refractivity contribution in [3.05, 3.63) is 51.0 Å². The fourth-order valence-corrected chi connectivity index (χ4v) is 3.48. The lowest BCUT2D eigenvalue weighted by Crippen LogP contribution is -2.30. The number of phenolic OH excluding ortho intramolecular Hbond substituents is 1. The summed E-state index contributed by atoms with van der Waals surface area (Å²) in [6.45, 7) is 5.31. The number of aromatic hydroxyl groups is 1. The number of benzene rings is 2. The van der Waals surface area contributed by atoms with Gasteiger partial charge >= 0.3 is 5.97 Å². The molecule has 3 N–H and O–H groups in total. The number of carboxylic acid groups (broad SMARTS) is 1. The van der Waals surface area contributed by atoms with Gasteiger partial charge in [0.05, 0.1) is 10.0 Å². The highest BCUT2D eigenvalue weighted by atomic mass is 35.5. The third-order valence-corrected chi connectivity index (χ3v) is 4.94. The first-order chi connectivity index (χ1) is 13.6. The first kappa shape index (κ1) is 22.8. The van der Waals surface area contributed by atoms with Gasteiger partial charge in [-0.3, -0.25) is 9.59 Å². The maximum absolute atomic E-state index is 12.4. The lowest BCUT2D eigenvalue weighted by atomic mass is 10.0. The highest BCUT2D eigenvalue weighted by molar-refractivity contribution is 6.38. The number of carbonyl (C=O) groups excluding carboxylic acids is 1. The van der Waals surface area contributed by atoms with Gasteiger partial charge in [0.15, 0.2) is 5.75 Å². The van der Waals surface area contributed by atoms with Crippen molar-refractivity contribution in [1.82, 2.24) is 5.32 Å². The summed E-state index contributed by atoms with van der Waals surface area (Å²) in [4.78, 5) is 23.1. The van der Waals surface area contributed by atoms with Crippen molar-refractivity contribution in [2.24, 2.45) is 0 Å². The van der Waals surface area contributed by atoms with E-state index < -0.39 is 18.4 Å². The Morgan fingerprint density at radius 3 is 2.48 bits per heavy atom. The molecule has 0 aliphatic rings. The predicted octanol–water partition coefficient (Wildman–Crippen LogP) is 5.38. The molecule has 0 spiro atoms. The molecule has 0 unspecified atom stereocenters. The van der Waals surface area contributed by atoms with Gasteiger partial charge in [0.1, 0.15) is 18.0 Å². The summed E-state index contributed by atoms with van der Waals surface area (Å²) in [6.07, 6.45) is 1.19. The first-order valence-electron chi connectivity index (χ1n) is 9.17. The number of nitrogens with one attached hydrogen (secondary N) is 1. The number of rotatable bonds is 8. The highest BCUT2D eigenvalue weighted by Gasteiger charge is 2.22. The van der Waals surface area contributed by atoms with Crippen LogP contribution in [0.1, 0.15) is 54.6 Å². The van der Waals surface area contributed by atoms with Crippen LogP contribution in [0.5, 0.6) is 17.2 Å². The van der Waals surface area contributed by atoms with Gasteiger partial charge in [-0.05, 0) is 42.2 Å². The van der Waals surface area contributed by atoms with Gasteiger partial charge in [-0.25, -0.2) is 0 Å². The Morgan fingerprint density at radius 1 is 1.21 bits per heavy atom. The number of aliphatic carboxylic acids is 1. The molecule has 1 amide bonds. The molecule has 0 bridgehead atoms. The zero-order valence-corrected chi connectivity index (χ0v) is 17.9. The molecule has 2 rings (SSSR count). The Kier molecular flexibility index (Phi) is 7.76. The zero-order valence-electron chi connectivity index (χ0n) is 16.4. The Labute approximate surface area is 179 Å². The SMILES string of the molecule is CCCc1c(C(=O)NCC(=O)O)cc(Cl)c(Oc2ccc(O)c(C(C)C)c2)c1Cl. The number of carbonyl (C=O) groups is 2. The van der Waals surface area contributed by atoms with E-state index in [1.807, 2.05) is 20.8 Å². The van der Waals surface area contributed by atoms with E-state index in [1.165, 1.54) is 12.1 Å². The van der Waals surface area contributed by atoms with Crippen LogP contribution in [-0.4, -0.2) is 28.6 Å². The van der Waals surface area contributed by atoms with Crippen LogP contribution in [0, 0.1) is 0 Å². The maximum Gasteiger partial charge on any atom is 0.322 e. The summed E-state index contributed by atoms with van der Waals surface area (Å²) in [6, 6.07) is 6.27.